The van der Waals surface area contributed by atoms with E-state index in [2.05, 4.69) is 0 Å². The molecule has 0 unspecified atom stereocenters. The Morgan fingerprint density at radius 2 is 0.741 bits per heavy atom. The Labute approximate surface area is 165 Å². The van der Waals surface area contributed by atoms with Gasteiger partial charge in [0, 0.05) is 0 Å². The molecule has 0 amide bonds. The summed E-state index contributed by atoms with van der Waals surface area (Å²) in [5, 5.41) is -2.69. The molecule has 0 aromatic rings. The third-order valence-electron chi connectivity index (χ3n) is 6.39. The molecule has 0 bridgehead atoms. The van der Waals surface area contributed by atoms with Crippen LogP contribution in [-0.4, -0.2) is 43.6 Å². The highest BCUT2D eigenvalue weighted by Gasteiger charge is 2.73. The molecule has 0 aliphatic heterocycles. The number of hydrogen-bond donors (Lipinski definition) is 0. The van der Waals surface area contributed by atoms with Crippen molar-refractivity contribution in [3.8, 4) is 0 Å². The van der Waals surface area contributed by atoms with Crippen LogP contribution < -0.4 is 0 Å². The molecular weight excluding hydrogens is 435 g/mol. The first-order chi connectivity index (χ1) is 11.2. The summed E-state index contributed by atoms with van der Waals surface area (Å²) in [7, 11) is -20.9. The number of nitrogens with zero attached hydrogens (tertiary/aromatic N) is 2. The highest BCUT2D eigenvalue weighted by Crippen LogP contribution is 2.57. The molecule has 12 heteroatoms. The van der Waals surface area contributed by atoms with Crippen LogP contribution in [0.2, 0.25) is 34.8 Å². The van der Waals surface area contributed by atoms with Crippen LogP contribution in [0.25, 0.3) is 0 Å². The van der Waals surface area contributed by atoms with Gasteiger partial charge in [0.05, 0.1) is 0 Å². The molecule has 164 valence electrons. The quantitative estimate of drug-likeness (QED) is 0.179. The minimum Gasteiger partial charge on any atom is -0.224 e. The van der Waals surface area contributed by atoms with Crippen molar-refractivity contribution in [3.05, 3.63) is 0 Å². The summed E-state index contributed by atoms with van der Waals surface area (Å²) in [6.07, 6.45) is 0. The van der Waals surface area contributed by atoms with Gasteiger partial charge in [0.1, 0.15) is 8.24 Å². The van der Waals surface area contributed by atoms with Crippen LogP contribution in [0.15, 0.2) is 0 Å². The van der Waals surface area contributed by atoms with E-state index in [1.807, 2.05) is 0 Å². The fourth-order valence-corrected chi connectivity index (χ4v) is 20.5. The van der Waals surface area contributed by atoms with Crippen LogP contribution in [0, 0.1) is 0 Å². The molecule has 0 rings (SSSR count). The van der Waals surface area contributed by atoms with Crippen molar-refractivity contribution >= 4 is 34.9 Å². The van der Waals surface area contributed by atoms with E-state index in [-0.39, 0.29) is 8.68 Å². The molecule has 0 atom stereocenters. The van der Waals surface area contributed by atoms with E-state index >= 15 is 0 Å². The van der Waals surface area contributed by atoms with Crippen molar-refractivity contribution in [2.45, 2.75) is 97.1 Å². The number of hydrazine groups is 1. The van der Waals surface area contributed by atoms with Crippen molar-refractivity contribution in [3.63, 3.8) is 0 Å². The molecular formula is C15H36F6N2Si4. The lowest BCUT2D eigenvalue weighted by molar-refractivity contribution is 0.163. The van der Waals surface area contributed by atoms with Gasteiger partial charge < -0.3 is 0 Å². The molecule has 0 fully saturated rings. The summed E-state index contributed by atoms with van der Waals surface area (Å²) in [5.41, 5.74) is 0. The second kappa shape index (κ2) is 7.25. The van der Waals surface area contributed by atoms with Crippen LogP contribution in [0.1, 0.15) is 62.3 Å². The molecule has 0 aliphatic carbocycles. The van der Waals surface area contributed by atoms with Gasteiger partial charge in [0.25, 0.3) is 0 Å². The largest absolute Gasteiger partial charge is 0.725 e. The number of halogens is 6. The van der Waals surface area contributed by atoms with Gasteiger partial charge in [-0.1, -0.05) is 82.0 Å². The van der Waals surface area contributed by atoms with Crippen LogP contribution >= 0.6 is 0 Å². The molecule has 2 nitrogen and oxygen atoms in total. The minimum absolute atomic E-state index is 0.00502. The third kappa shape index (κ3) is 5.11. The first-order valence-electron chi connectivity index (χ1n) is 8.98. The maximum Gasteiger partial charge on any atom is 0.725 e. The summed E-state index contributed by atoms with van der Waals surface area (Å²) in [6, 6.07) is 0. The molecule has 0 aromatic heterocycles. The summed E-state index contributed by atoms with van der Waals surface area (Å²) in [4.78, 5) is 0. The summed E-state index contributed by atoms with van der Waals surface area (Å²) in [6.45, 7) is 19.1. The van der Waals surface area contributed by atoms with Gasteiger partial charge in [-0.05, 0) is 15.1 Å². The van der Waals surface area contributed by atoms with Crippen LogP contribution in [0.3, 0.4) is 0 Å². The van der Waals surface area contributed by atoms with Gasteiger partial charge >= 0.3 is 18.5 Å². The van der Waals surface area contributed by atoms with Gasteiger partial charge in [-0.15, -0.1) is 0 Å². The van der Waals surface area contributed by atoms with E-state index in [0.717, 1.165) is 0 Å². The zero-order valence-electron chi connectivity index (χ0n) is 18.7. The van der Waals surface area contributed by atoms with E-state index in [1.54, 1.807) is 62.3 Å². The van der Waals surface area contributed by atoms with Crippen molar-refractivity contribution in [2.75, 3.05) is 0 Å². The first kappa shape index (κ1) is 27.4. The predicted molar refractivity (Wildman–Crippen MR) is 110 cm³/mol. The first-order valence-corrected chi connectivity index (χ1v) is 17.5. The molecule has 0 saturated carbocycles. The van der Waals surface area contributed by atoms with E-state index < -0.39 is 50.1 Å². The number of hydrogen-bond acceptors (Lipinski definition) is 2. The molecule has 27 heavy (non-hydrogen) atoms. The standard InChI is InChI=1S/C15H36F6N2Si4/c1-13(2,3)24(10,11)22(26(16,17)18)23(27(19,20)21)25(12,14(4,5)6)15(7,8)9/h1-12H3. The Morgan fingerprint density at radius 3 is 0.889 bits per heavy atom. The van der Waals surface area contributed by atoms with E-state index in [4.69, 9.17) is 0 Å². The fourth-order valence-electron chi connectivity index (χ4n) is 3.33. The monoisotopic (exact) mass is 470 g/mol. The molecule has 0 N–H and O–H groups in total. The second-order valence-electron chi connectivity index (χ2n) is 10.9. The lowest BCUT2D eigenvalue weighted by Gasteiger charge is -2.61. The Balaban J connectivity index is 7.27. The average molecular weight is 471 g/mol. The molecule has 0 radical (unpaired) electrons. The van der Waals surface area contributed by atoms with E-state index in [1.165, 1.54) is 19.6 Å². The maximum absolute atomic E-state index is 14.6. The lowest BCUT2D eigenvalue weighted by atomic mass is 10.2. The third-order valence-corrected chi connectivity index (χ3v) is 24.9. The summed E-state index contributed by atoms with van der Waals surface area (Å²) < 4.78 is 87.1. The van der Waals surface area contributed by atoms with Gasteiger partial charge in [-0.25, -0.2) is 33.3 Å². The normalized spacial score (nSPS) is 16.4. The molecule has 0 aromatic carbocycles. The second-order valence-corrected chi connectivity index (χ2v) is 25.2. The Kier molecular flexibility index (Phi) is 7.35. The van der Waals surface area contributed by atoms with Crippen molar-refractivity contribution in [1.29, 1.82) is 0 Å². The highest BCUT2D eigenvalue weighted by atomic mass is 28.5. The average Bonchev–Trinajstić information content (AvgIpc) is 2.26. The SMILES string of the molecule is CC(C)(C)[Si](C)(C)N(N([Si](F)(F)F)[Si](C)(C(C)(C)C)C(C)(C)C)[Si](F)(F)F. The summed E-state index contributed by atoms with van der Waals surface area (Å²) in [5.74, 6) is 0. The molecule has 0 aliphatic rings. The van der Waals surface area contributed by atoms with Gasteiger partial charge in [0.15, 0.2) is 8.24 Å². The predicted octanol–water partition coefficient (Wildman–Crippen LogP) is 7.37. The number of rotatable bonds is 5. The van der Waals surface area contributed by atoms with Gasteiger partial charge in [0.2, 0.25) is 0 Å². The van der Waals surface area contributed by atoms with E-state index in [0.29, 0.717) is 0 Å². The minimum atomic E-state index is -6.83. The highest BCUT2D eigenvalue weighted by molar-refractivity contribution is 6.93. The fraction of sp³-hybridized carbons (Fsp3) is 1.00. The van der Waals surface area contributed by atoms with E-state index in [9.17, 15) is 24.6 Å². The molecule has 0 spiro atoms. The van der Waals surface area contributed by atoms with Crippen LogP contribution in [0.5, 0.6) is 0 Å². The zero-order valence-corrected chi connectivity index (χ0v) is 22.7. The van der Waals surface area contributed by atoms with Crippen molar-refractivity contribution < 1.29 is 24.6 Å². The van der Waals surface area contributed by atoms with Crippen molar-refractivity contribution in [1.82, 2.24) is 8.68 Å². The zero-order chi connectivity index (χ0) is 22.7. The van der Waals surface area contributed by atoms with Crippen molar-refractivity contribution in [2.24, 2.45) is 0 Å². The van der Waals surface area contributed by atoms with Gasteiger partial charge in [-0.3, -0.25) is 0 Å². The molecule has 0 heterocycles. The Bertz CT molecular complexity index is 513. The maximum atomic E-state index is 14.6. The smallest absolute Gasteiger partial charge is 0.224 e. The van der Waals surface area contributed by atoms with Crippen LogP contribution in [0.4, 0.5) is 24.6 Å². The molecule has 0 saturated heterocycles. The Hall–Kier alpha value is 0.368. The van der Waals surface area contributed by atoms with Gasteiger partial charge in [-0.2, -0.15) is 0 Å². The van der Waals surface area contributed by atoms with Crippen LogP contribution in [-0.2, 0) is 0 Å². The topological polar surface area (TPSA) is 6.48 Å². The lowest BCUT2D eigenvalue weighted by Crippen LogP contribution is -2.82. The summed E-state index contributed by atoms with van der Waals surface area (Å²) >= 11 is 0. The Morgan fingerprint density at radius 1 is 0.481 bits per heavy atom.